The summed E-state index contributed by atoms with van der Waals surface area (Å²) in [7, 11) is 1.52. The second-order valence-corrected chi connectivity index (χ2v) is 11.8. The number of carbonyl (C=O) groups is 1. The monoisotopic (exact) mass is 390 g/mol. The van der Waals surface area contributed by atoms with Crippen LogP contribution >= 0.6 is 0 Å². The summed E-state index contributed by atoms with van der Waals surface area (Å²) in [6, 6.07) is 0. The molecule has 0 N–H and O–H groups in total. The molecule has 2 heteroatoms. The van der Waals surface area contributed by atoms with E-state index >= 15 is 0 Å². The van der Waals surface area contributed by atoms with Gasteiger partial charge in [-0.2, -0.15) is 0 Å². The van der Waals surface area contributed by atoms with Crippen LogP contribution in [0.25, 0.3) is 0 Å². The van der Waals surface area contributed by atoms with Crippen LogP contribution in [0.2, 0.25) is 0 Å². The van der Waals surface area contributed by atoms with Crippen LogP contribution in [-0.2, 0) is 9.53 Å². The van der Waals surface area contributed by atoms with Crippen molar-refractivity contribution in [3.63, 3.8) is 0 Å². The maximum atomic E-state index is 11.7. The number of hydrogen-bond donors (Lipinski definition) is 0. The zero-order valence-corrected chi connectivity index (χ0v) is 19.1. The summed E-state index contributed by atoms with van der Waals surface area (Å²) in [5.74, 6) is 6.20. The normalized spacial score (nSPS) is 48.9. The summed E-state index contributed by atoms with van der Waals surface area (Å²) in [6.07, 6.45) is 14.8. The Bertz CT molecular complexity index is 591. The first-order valence-corrected chi connectivity index (χ1v) is 12.4. The maximum absolute atomic E-state index is 11.7. The summed E-state index contributed by atoms with van der Waals surface area (Å²) in [4.78, 5) is 11.7. The van der Waals surface area contributed by atoms with Crippen molar-refractivity contribution < 1.29 is 11.0 Å². The third-order valence-electron chi connectivity index (χ3n) is 10.7. The van der Waals surface area contributed by atoms with Gasteiger partial charge in [0.05, 0.1) is 7.11 Å². The van der Waals surface area contributed by atoms with Crippen molar-refractivity contribution in [1.82, 2.24) is 0 Å². The zero-order valence-electron chi connectivity index (χ0n) is 19.1. The molecule has 162 valence electrons. The van der Waals surface area contributed by atoms with Crippen molar-refractivity contribution in [2.24, 2.45) is 52.3 Å². The lowest BCUT2D eigenvalue weighted by atomic mass is 9.43. The summed E-state index contributed by atoms with van der Waals surface area (Å²) in [5, 5.41) is 0. The Morgan fingerprint density at radius 1 is 1.04 bits per heavy atom. The Morgan fingerprint density at radius 2 is 1.79 bits per heavy atom. The van der Waals surface area contributed by atoms with Crippen LogP contribution in [-0.4, -0.2) is 13.1 Å². The topological polar surface area (TPSA) is 26.3 Å². The number of methoxy groups -OCH3 is 1. The predicted octanol–water partition coefficient (Wildman–Crippen LogP) is 7.12. The fourth-order valence-corrected chi connectivity index (χ4v) is 9.43. The Morgan fingerprint density at radius 3 is 2.54 bits per heavy atom. The van der Waals surface area contributed by atoms with E-state index in [2.05, 4.69) is 27.7 Å². The second-order valence-electron chi connectivity index (χ2n) is 11.8. The van der Waals surface area contributed by atoms with E-state index in [0.717, 1.165) is 41.9 Å². The third kappa shape index (κ3) is 3.16. The van der Waals surface area contributed by atoms with E-state index in [-0.39, 0.29) is 7.40 Å². The lowest BCUT2D eigenvalue weighted by Gasteiger charge is -2.62. The molecule has 0 bridgehead atoms. The van der Waals surface area contributed by atoms with Crippen LogP contribution in [0.3, 0.4) is 0 Å². The summed E-state index contributed by atoms with van der Waals surface area (Å²) < 4.78 is 4.90. The van der Waals surface area contributed by atoms with Crippen LogP contribution < -0.4 is 0 Å². The smallest absolute Gasteiger partial charge is 0.305 e. The van der Waals surface area contributed by atoms with Crippen LogP contribution in [0, 0.1) is 52.3 Å². The van der Waals surface area contributed by atoms with Crippen LogP contribution in [0.15, 0.2) is 0 Å². The molecule has 0 amide bonds. The largest absolute Gasteiger partial charge is 0.469 e. The molecular formula is C26H46O2. The molecule has 4 fully saturated rings. The molecule has 0 aromatic rings. The number of hydrogen-bond acceptors (Lipinski definition) is 2. The number of rotatable bonds is 4. The van der Waals surface area contributed by atoms with Gasteiger partial charge < -0.3 is 4.74 Å². The molecule has 0 radical (unpaired) electrons. The average Bonchev–Trinajstić information content (AvgIpc) is 3.03. The highest BCUT2D eigenvalue weighted by molar-refractivity contribution is 5.69. The molecule has 0 spiro atoms. The molecule has 4 aliphatic rings. The fourth-order valence-electron chi connectivity index (χ4n) is 9.43. The van der Waals surface area contributed by atoms with Crippen molar-refractivity contribution in [3.05, 3.63) is 0 Å². The van der Waals surface area contributed by atoms with Gasteiger partial charge in [0, 0.05) is 7.85 Å². The van der Waals surface area contributed by atoms with Gasteiger partial charge in [0.1, 0.15) is 0 Å². The van der Waals surface area contributed by atoms with Crippen molar-refractivity contribution in [3.8, 4) is 0 Å². The highest BCUT2D eigenvalue weighted by Gasteiger charge is 2.61. The first kappa shape index (κ1) is 20.7. The second kappa shape index (κ2) is 7.62. The van der Waals surface area contributed by atoms with Gasteiger partial charge >= 0.3 is 5.97 Å². The number of ether oxygens (including phenoxy) is 1. The standard InChI is InChI=1S/C26H44O2.H2/c1-17(9-12-24(27)28-5)21-10-11-22-19-16-18(2)20-8-6-7-14-25(20,3)23(19)13-15-26(21,22)4;/h17-23H,6-16H2,1-5H3;1H/t17-,18+,19?,20+,21?,22?,23+,25+,26-;/m1./s1. The fraction of sp³-hybridized carbons (Fsp3) is 0.962. The highest BCUT2D eigenvalue weighted by Crippen LogP contribution is 2.69. The number of carbonyl (C=O) groups excluding carboxylic acids is 1. The van der Waals surface area contributed by atoms with Gasteiger partial charge in [-0.25, -0.2) is 0 Å². The van der Waals surface area contributed by atoms with Gasteiger partial charge in [-0.15, -0.1) is 0 Å². The molecule has 28 heavy (non-hydrogen) atoms. The molecule has 4 saturated carbocycles. The summed E-state index contributed by atoms with van der Waals surface area (Å²) in [5.41, 5.74) is 1.13. The van der Waals surface area contributed by atoms with E-state index in [0.29, 0.717) is 23.2 Å². The van der Waals surface area contributed by atoms with Gasteiger partial charge in [0.2, 0.25) is 0 Å². The molecular weight excluding hydrogens is 344 g/mol. The van der Waals surface area contributed by atoms with Gasteiger partial charge in [-0.05, 0) is 104 Å². The van der Waals surface area contributed by atoms with Gasteiger partial charge in [0.25, 0.3) is 0 Å². The first-order chi connectivity index (χ1) is 13.3. The summed E-state index contributed by atoms with van der Waals surface area (Å²) in [6.45, 7) is 10.3. The summed E-state index contributed by atoms with van der Waals surface area (Å²) >= 11 is 0. The van der Waals surface area contributed by atoms with Crippen LogP contribution in [0.4, 0.5) is 0 Å². The van der Waals surface area contributed by atoms with Crippen molar-refractivity contribution in [1.29, 1.82) is 0 Å². The molecule has 0 aromatic carbocycles. The van der Waals surface area contributed by atoms with E-state index in [1.807, 2.05) is 0 Å². The molecule has 9 atom stereocenters. The lowest BCUT2D eigenvalue weighted by molar-refractivity contribution is -0.142. The Kier molecular flexibility index (Phi) is 5.64. The molecule has 3 unspecified atom stereocenters. The minimum atomic E-state index is -0.0346. The van der Waals surface area contributed by atoms with E-state index in [1.54, 1.807) is 0 Å². The Labute approximate surface area is 175 Å². The van der Waals surface area contributed by atoms with Gasteiger partial charge in [0.15, 0.2) is 0 Å². The SMILES string of the molecule is COC(=O)CC[C@@H](C)C1CCC2C3C[C@H](C)[C@@H]4CCCC[C@]4(C)[C@H]3CC[C@@]21C.[HH]. The molecule has 2 nitrogen and oxygen atoms in total. The predicted molar refractivity (Wildman–Crippen MR) is 117 cm³/mol. The molecule has 4 aliphatic carbocycles. The third-order valence-corrected chi connectivity index (χ3v) is 10.7. The maximum Gasteiger partial charge on any atom is 0.305 e. The molecule has 4 rings (SSSR count). The molecule has 0 aliphatic heterocycles. The van der Waals surface area contributed by atoms with Crippen LogP contribution in [0.5, 0.6) is 0 Å². The van der Waals surface area contributed by atoms with Crippen molar-refractivity contribution in [2.45, 2.75) is 98.3 Å². The highest BCUT2D eigenvalue weighted by atomic mass is 16.5. The molecule has 0 heterocycles. The minimum absolute atomic E-state index is 0. The van der Waals surface area contributed by atoms with E-state index in [4.69, 9.17) is 4.74 Å². The molecule has 0 aromatic heterocycles. The van der Waals surface area contributed by atoms with Crippen molar-refractivity contribution >= 4 is 5.97 Å². The zero-order chi connectivity index (χ0) is 20.1. The van der Waals surface area contributed by atoms with Crippen molar-refractivity contribution in [2.75, 3.05) is 7.11 Å². The minimum Gasteiger partial charge on any atom is -0.469 e. The van der Waals surface area contributed by atoms with Gasteiger partial charge in [-0.3, -0.25) is 4.79 Å². The molecule has 0 saturated heterocycles. The Hall–Kier alpha value is -0.530. The first-order valence-electron chi connectivity index (χ1n) is 12.4. The van der Waals surface area contributed by atoms with Crippen LogP contribution in [0.1, 0.15) is 99.8 Å². The number of fused-ring (bicyclic) bond motifs is 5. The van der Waals surface area contributed by atoms with E-state index < -0.39 is 0 Å². The van der Waals surface area contributed by atoms with E-state index in [1.165, 1.54) is 64.9 Å². The van der Waals surface area contributed by atoms with E-state index in [9.17, 15) is 4.79 Å². The average molecular weight is 391 g/mol. The van der Waals surface area contributed by atoms with Gasteiger partial charge in [-0.1, -0.05) is 40.5 Å². The lowest BCUT2D eigenvalue weighted by Crippen LogP contribution is -2.55. The Balaban J connectivity index is 0.00000240. The quantitative estimate of drug-likeness (QED) is 0.478. The number of esters is 1.